The summed E-state index contributed by atoms with van der Waals surface area (Å²) in [5.41, 5.74) is 0. The van der Waals surface area contributed by atoms with Crippen molar-refractivity contribution in [2.45, 2.75) is 6.29 Å². The number of benzene rings is 1. The zero-order chi connectivity index (χ0) is 8.55. The van der Waals surface area contributed by atoms with Gasteiger partial charge >= 0.3 is 5.97 Å². The summed E-state index contributed by atoms with van der Waals surface area (Å²) in [6.45, 7) is 0. The molecule has 4 nitrogen and oxygen atoms in total. The average molecular weight is 166 g/mol. The number of ether oxygens (including phenoxy) is 2. The van der Waals surface area contributed by atoms with Gasteiger partial charge in [-0.15, -0.1) is 0 Å². The Balaban J connectivity index is 2.40. The maximum atomic E-state index is 10.8. The fraction of sp³-hybridized carbons (Fsp3) is 0.125. The standard InChI is InChI=1S/C8H6O4/c9-7-8(10)12-6-4-2-1-3-5(6)11-7/h1-4,7,9H. The summed E-state index contributed by atoms with van der Waals surface area (Å²) < 4.78 is 9.56. The summed E-state index contributed by atoms with van der Waals surface area (Å²) in [7, 11) is 0. The molecule has 1 heterocycles. The van der Waals surface area contributed by atoms with Gasteiger partial charge in [0.05, 0.1) is 0 Å². The molecule has 1 aliphatic rings. The smallest absolute Gasteiger partial charge is 0.381 e. The van der Waals surface area contributed by atoms with Crippen LogP contribution in [0.15, 0.2) is 24.3 Å². The summed E-state index contributed by atoms with van der Waals surface area (Å²) in [5.74, 6) is -0.0638. The molecular weight excluding hydrogens is 160 g/mol. The van der Waals surface area contributed by atoms with Crippen LogP contribution in [0.4, 0.5) is 0 Å². The number of aliphatic hydroxyl groups excluding tert-OH is 1. The summed E-state index contributed by atoms with van der Waals surface area (Å²) in [6, 6.07) is 6.65. The third kappa shape index (κ3) is 1.02. The molecule has 4 heteroatoms. The van der Waals surface area contributed by atoms with Crippen LogP contribution in [-0.2, 0) is 4.79 Å². The first-order valence-electron chi connectivity index (χ1n) is 3.43. The predicted octanol–water partition coefficient (Wildman–Crippen LogP) is 0.303. The molecule has 0 bridgehead atoms. The first-order chi connectivity index (χ1) is 5.77. The van der Waals surface area contributed by atoms with E-state index in [1.54, 1.807) is 24.3 Å². The van der Waals surface area contributed by atoms with E-state index in [1.165, 1.54) is 0 Å². The first kappa shape index (κ1) is 7.12. The van der Waals surface area contributed by atoms with Crippen molar-refractivity contribution in [3.8, 4) is 11.5 Å². The van der Waals surface area contributed by atoms with Crippen LogP contribution in [-0.4, -0.2) is 17.4 Å². The summed E-state index contributed by atoms with van der Waals surface area (Å²) in [4.78, 5) is 10.8. The van der Waals surface area contributed by atoms with Gasteiger partial charge in [0.1, 0.15) is 0 Å². The Bertz CT molecular complexity index is 321. The minimum atomic E-state index is -1.50. The number of hydrogen-bond acceptors (Lipinski definition) is 4. The number of aliphatic hydroxyl groups is 1. The van der Waals surface area contributed by atoms with Gasteiger partial charge in [-0.2, -0.15) is 0 Å². The third-order valence-electron chi connectivity index (χ3n) is 1.50. The highest BCUT2D eigenvalue weighted by Gasteiger charge is 2.27. The lowest BCUT2D eigenvalue weighted by Crippen LogP contribution is -2.34. The van der Waals surface area contributed by atoms with E-state index in [-0.39, 0.29) is 0 Å². The molecule has 62 valence electrons. The normalized spacial score (nSPS) is 20.8. The van der Waals surface area contributed by atoms with Crippen molar-refractivity contribution < 1.29 is 19.4 Å². The highest BCUT2D eigenvalue weighted by molar-refractivity contribution is 5.78. The Morgan fingerprint density at radius 2 is 1.92 bits per heavy atom. The average Bonchev–Trinajstić information content (AvgIpc) is 2.07. The van der Waals surface area contributed by atoms with Gasteiger partial charge in [-0.3, -0.25) is 0 Å². The molecule has 0 fully saturated rings. The van der Waals surface area contributed by atoms with Crippen LogP contribution in [0, 0.1) is 0 Å². The highest BCUT2D eigenvalue weighted by Crippen LogP contribution is 2.30. The van der Waals surface area contributed by atoms with Crippen molar-refractivity contribution in [1.29, 1.82) is 0 Å². The molecule has 0 aliphatic carbocycles. The van der Waals surface area contributed by atoms with Crippen LogP contribution < -0.4 is 9.47 Å². The second kappa shape index (κ2) is 2.49. The van der Waals surface area contributed by atoms with Crippen LogP contribution in [0.25, 0.3) is 0 Å². The molecule has 1 N–H and O–H groups in total. The van der Waals surface area contributed by atoms with Gasteiger partial charge in [-0.1, -0.05) is 12.1 Å². The van der Waals surface area contributed by atoms with Gasteiger partial charge in [0.25, 0.3) is 6.29 Å². The molecule has 0 spiro atoms. The summed E-state index contributed by atoms with van der Waals surface area (Å²) in [5, 5.41) is 8.93. The maximum Gasteiger partial charge on any atom is 0.381 e. The summed E-state index contributed by atoms with van der Waals surface area (Å²) >= 11 is 0. The van der Waals surface area contributed by atoms with Crippen molar-refractivity contribution in [3.05, 3.63) is 24.3 Å². The van der Waals surface area contributed by atoms with Crippen molar-refractivity contribution in [3.63, 3.8) is 0 Å². The largest absolute Gasteiger partial charge is 0.450 e. The number of rotatable bonds is 0. The van der Waals surface area contributed by atoms with Crippen molar-refractivity contribution in [1.82, 2.24) is 0 Å². The molecular formula is C8H6O4. The van der Waals surface area contributed by atoms with Crippen LogP contribution in [0.2, 0.25) is 0 Å². The lowest BCUT2D eigenvalue weighted by atomic mass is 10.3. The van der Waals surface area contributed by atoms with E-state index in [0.29, 0.717) is 11.5 Å². The fourth-order valence-corrected chi connectivity index (χ4v) is 0.959. The van der Waals surface area contributed by atoms with Crippen LogP contribution in [0.3, 0.4) is 0 Å². The maximum absolute atomic E-state index is 10.8. The number of esters is 1. The van der Waals surface area contributed by atoms with E-state index >= 15 is 0 Å². The Morgan fingerprint density at radius 1 is 1.25 bits per heavy atom. The van der Waals surface area contributed by atoms with Crippen LogP contribution >= 0.6 is 0 Å². The van der Waals surface area contributed by atoms with Crippen LogP contribution in [0.1, 0.15) is 0 Å². The van der Waals surface area contributed by atoms with Crippen LogP contribution in [0.5, 0.6) is 11.5 Å². The van der Waals surface area contributed by atoms with E-state index in [1.807, 2.05) is 0 Å². The fourth-order valence-electron chi connectivity index (χ4n) is 0.959. The number of para-hydroxylation sites is 2. The molecule has 0 saturated carbocycles. The SMILES string of the molecule is O=C1Oc2ccccc2OC1O. The molecule has 0 radical (unpaired) electrons. The minimum absolute atomic E-state index is 0.341. The van der Waals surface area contributed by atoms with E-state index in [0.717, 1.165) is 0 Å². The second-order valence-electron chi connectivity index (χ2n) is 2.34. The molecule has 1 atom stereocenters. The van der Waals surface area contributed by atoms with Gasteiger partial charge in [0.2, 0.25) is 0 Å². The zero-order valence-electron chi connectivity index (χ0n) is 6.06. The zero-order valence-corrected chi connectivity index (χ0v) is 6.06. The van der Waals surface area contributed by atoms with Gasteiger partial charge in [0.15, 0.2) is 11.5 Å². The lowest BCUT2D eigenvalue weighted by Gasteiger charge is -2.19. The minimum Gasteiger partial charge on any atom is -0.450 e. The van der Waals surface area contributed by atoms with Gasteiger partial charge in [0, 0.05) is 0 Å². The number of fused-ring (bicyclic) bond motifs is 1. The molecule has 0 aromatic heterocycles. The van der Waals surface area contributed by atoms with Gasteiger partial charge < -0.3 is 14.6 Å². The Hall–Kier alpha value is -1.55. The third-order valence-corrected chi connectivity index (χ3v) is 1.50. The van der Waals surface area contributed by atoms with E-state index < -0.39 is 12.3 Å². The molecule has 12 heavy (non-hydrogen) atoms. The van der Waals surface area contributed by atoms with E-state index in [2.05, 4.69) is 0 Å². The second-order valence-corrected chi connectivity index (χ2v) is 2.34. The topological polar surface area (TPSA) is 55.8 Å². The Kier molecular flexibility index (Phi) is 1.48. The van der Waals surface area contributed by atoms with Gasteiger partial charge in [-0.05, 0) is 12.1 Å². The molecule has 1 aromatic rings. The number of carbonyl (C=O) groups excluding carboxylic acids is 1. The molecule has 0 saturated heterocycles. The Morgan fingerprint density at radius 3 is 2.67 bits per heavy atom. The molecule has 1 unspecified atom stereocenters. The highest BCUT2D eigenvalue weighted by atomic mass is 16.7. The molecule has 1 aromatic carbocycles. The van der Waals surface area contributed by atoms with Crippen molar-refractivity contribution in [2.24, 2.45) is 0 Å². The first-order valence-corrected chi connectivity index (χ1v) is 3.43. The van der Waals surface area contributed by atoms with E-state index in [9.17, 15) is 4.79 Å². The monoisotopic (exact) mass is 166 g/mol. The molecule has 2 rings (SSSR count). The van der Waals surface area contributed by atoms with Crippen molar-refractivity contribution >= 4 is 5.97 Å². The van der Waals surface area contributed by atoms with E-state index in [4.69, 9.17) is 14.6 Å². The molecule has 1 aliphatic heterocycles. The number of hydrogen-bond donors (Lipinski definition) is 1. The Labute approximate surface area is 68.3 Å². The molecule has 0 amide bonds. The predicted molar refractivity (Wildman–Crippen MR) is 38.7 cm³/mol. The van der Waals surface area contributed by atoms with Crippen molar-refractivity contribution in [2.75, 3.05) is 0 Å². The summed E-state index contributed by atoms with van der Waals surface area (Å²) in [6.07, 6.45) is -1.50. The lowest BCUT2D eigenvalue weighted by molar-refractivity contribution is -0.163. The number of carbonyl (C=O) groups is 1. The quantitative estimate of drug-likeness (QED) is 0.445. The van der Waals surface area contributed by atoms with Gasteiger partial charge in [-0.25, -0.2) is 4.79 Å².